The lowest BCUT2D eigenvalue weighted by molar-refractivity contribution is 0.430. The van der Waals surface area contributed by atoms with Crippen molar-refractivity contribution in [2.24, 2.45) is 0 Å². The van der Waals surface area contributed by atoms with Crippen molar-refractivity contribution in [3.8, 4) is 0 Å². The molecular formula is C17H27BN2. The van der Waals surface area contributed by atoms with Crippen molar-refractivity contribution in [3.05, 3.63) is 74.8 Å². The molecule has 0 aliphatic heterocycles. The fourth-order valence-corrected chi connectivity index (χ4v) is 1.99. The molecule has 0 rings (SSSR count). The molecule has 0 saturated heterocycles. The monoisotopic (exact) mass is 270 g/mol. The summed E-state index contributed by atoms with van der Waals surface area (Å²) in [4.78, 5) is 4.60. The van der Waals surface area contributed by atoms with Crippen LogP contribution in [-0.2, 0) is 0 Å². The molecule has 0 saturated carbocycles. The molecule has 0 radical (unpaired) electrons. The Morgan fingerprint density at radius 1 is 0.750 bits per heavy atom. The van der Waals surface area contributed by atoms with Gasteiger partial charge in [-0.3, -0.25) is 0 Å². The van der Waals surface area contributed by atoms with Gasteiger partial charge in [0.05, 0.1) is 0 Å². The number of allylic oxidation sites excluding steroid dienone is 3. The topological polar surface area (TPSA) is 6.48 Å². The van der Waals surface area contributed by atoms with Crippen LogP contribution < -0.4 is 0 Å². The van der Waals surface area contributed by atoms with Gasteiger partial charge in [-0.15, -0.1) is 26.3 Å². The molecule has 0 aromatic heterocycles. The highest BCUT2D eigenvalue weighted by atomic mass is 15.2. The maximum atomic E-state index is 3.84. The van der Waals surface area contributed by atoms with Crippen LogP contribution >= 0.6 is 0 Å². The van der Waals surface area contributed by atoms with E-state index in [1.54, 1.807) is 0 Å². The molecule has 0 heterocycles. The lowest BCUT2D eigenvalue weighted by Gasteiger charge is -2.33. The van der Waals surface area contributed by atoms with Crippen molar-refractivity contribution < 1.29 is 0 Å². The van der Waals surface area contributed by atoms with Gasteiger partial charge in [-0.2, -0.15) is 0 Å². The highest BCUT2D eigenvalue weighted by molar-refractivity contribution is 6.58. The molecule has 0 aliphatic carbocycles. The number of hydrogen-bond acceptors (Lipinski definition) is 2. The van der Waals surface area contributed by atoms with E-state index in [4.69, 9.17) is 0 Å². The summed E-state index contributed by atoms with van der Waals surface area (Å²) in [6, 6.07) is 0. The summed E-state index contributed by atoms with van der Waals surface area (Å²) in [6.07, 6.45) is 13.8. The lowest BCUT2D eigenvalue weighted by atomic mass is 9.70. The Morgan fingerprint density at radius 2 is 1.15 bits per heavy atom. The Labute approximate surface area is 125 Å². The van der Waals surface area contributed by atoms with E-state index in [1.807, 2.05) is 43.4 Å². The van der Waals surface area contributed by atoms with Gasteiger partial charge in [-0.05, 0) is 6.92 Å². The standard InChI is InChI=1S/C17H27BN2/c1-6-11-12-13-18(19(14-7-2)15-8-3)20(16-9-4)17-10-5/h6-13H,2-5,14-17H2,1H3. The summed E-state index contributed by atoms with van der Waals surface area (Å²) in [5.74, 6) is 2.18. The van der Waals surface area contributed by atoms with Gasteiger partial charge in [-0.1, -0.05) is 48.5 Å². The minimum Gasteiger partial charge on any atom is -0.318 e. The lowest BCUT2D eigenvalue weighted by Crippen LogP contribution is -2.52. The van der Waals surface area contributed by atoms with Crippen LogP contribution in [0.5, 0.6) is 0 Å². The van der Waals surface area contributed by atoms with E-state index in [-0.39, 0.29) is 6.98 Å². The minimum atomic E-state index is 0.165. The van der Waals surface area contributed by atoms with Crippen molar-refractivity contribution in [2.75, 3.05) is 26.2 Å². The maximum Gasteiger partial charge on any atom is 0.339 e. The molecule has 0 bridgehead atoms. The van der Waals surface area contributed by atoms with Crippen LogP contribution in [-0.4, -0.2) is 42.8 Å². The van der Waals surface area contributed by atoms with Crippen LogP contribution in [0, 0.1) is 0 Å². The van der Waals surface area contributed by atoms with E-state index < -0.39 is 0 Å². The second-order valence-corrected chi connectivity index (χ2v) is 4.39. The number of rotatable bonds is 12. The second kappa shape index (κ2) is 12.5. The zero-order chi connectivity index (χ0) is 15.2. The minimum absolute atomic E-state index is 0.165. The summed E-state index contributed by atoms with van der Waals surface area (Å²) < 4.78 is 0. The molecule has 0 atom stereocenters. The second-order valence-electron chi connectivity index (χ2n) is 4.39. The Morgan fingerprint density at radius 3 is 1.45 bits per heavy atom. The summed E-state index contributed by atoms with van der Waals surface area (Å²) >= 11 is 0. The fraction of sp³-hybridized carbons (Fsp3) is 0.294. The molecule has 0 fully saturated rings. The van der Waals surface area contributed by atoms with Gasteiger partial charge in [0, 0.05) is 26.2 Å². The summed E-state index contributed by atoms with van der Waals surface area (Å²) in [6.45, 7) is 20.8. The van der Waals surface area contributed by atoms with Gasteiger partial charge in [0.1, 0.15) is 0 Å². The average Bonchev–Trinajstić information content (AvgIpc) is 2.44. The Kier molecular flexibility index (Phi) is 11.5. The third-order valence-electron chi connectivity index (χ3n) is 2.79. The first-order valence-corrected chi connectivity index (χ1v) is 6.96. The zero-order valence-electron chi connectivity index (χ0n) is 12.7. The van der Waals surface area contributed by atoms with E-state index >= 15 is 0 Å². The largest absolute Gasteiger partial charge is 0.339 e. The van der Waals surface area contributed by atoms with Crippen molar-refractivity contribution >= 4 is 6.98 Å². The van der Waals surface area contributed by atoms with Crippen LogP contribution in [0.25, 0.3) is 0 Å². The number of nitrogens with zero attached hydrogens (tertiary/aromatic N) is 2. The van der Waals surface area contributed by atoms with Crippen molar-refractivity contribution in [1.29, 1.82) is 0 Å². The SMILES string of the molecule is C=CCN(CC=C)B(C=CC=CC)N(CC=C)CC=C. The fourth-order valence-electron chi connectivity index (χ4n) is 1.99. The quantitative estimate of drug-likeness (QED) is 0.304. The molecule has 0 N–H and O–H groups in total. The maximum absolute atomic E-state index is 3.84. The van der Waals surface area contributed by atoms with Crippen LogP contribution in [0.3, 0.4) is 0 Å². The number of hydrogen-bond donors (Lipinski definition) is 0. The van der Waals surface area contributed by atoms with Gasteiger partial charge in [0.15, 0.2) is 0 Å². The smallest absolute Gasteiger partial charge is 0.318 e. The Hall–Kier alpha value is -1.58. The van der Waals surface area contributed by atoms with E-state index in [9.17, 15) is 0 Å². The van der Waals surface area contributed by atoms with Crippen LogP contribution in [0.1, 0.15) is 6.92 Å². The first-order chi connectivity index (χ1) is 9.74. The van der Waals surface area contributed by atoms with Crippen molar-refractivity contribution in [2.45, 2.75) is 6.92 Å². The summed E-state index contributed by atoms with van der Waals surface area (Å²) in [5, 5.41) is 0. The van der Waals surface area contributed by atoms with E-state index in [1.165, 1.54) is 0 Å². The van der Waals surface area contributed by atoms with Gasteiger partial charge in [0.25, 0.3) is 0 Å². The van der Waals surface area contributed by atoms with E-state index in [0.717, 1.165) is 26.2 Å². The van der Waals surface area contributed by atoms with Crippen molar-refractivity contribution in [3.63, 3.8) is 0 Å². The van der Waals surface area contributed by atoms with Crippen LogP contribution in [0.2, 0.25) is 0 Å². The van der Waals surface area contributed by atoms with Crippen LogP contribution in [0.4, 0.5) is 0 Å². The van der Waals surface area contributed by atoms with Crippen LogP contribution in [0.15, 0.2) is 74.8 Å². The summed E-state index contributed by atoms with van der Waals surface area (Å²) in [7, 11) is 0. The molecule has 20 heavy (non-hydrogen) atoms. The third-order valence-corrected chi connectivity index (χ3v) is 2.79. The molecule has 0 aromatic carbocycles. The molecule has 2 nitrogen and oxygen atoms in total. The third kappa shape index (κ3) is 7.12. The van der Waals surface area contributed by atoms with E-state index in [2.05, 4.69) is 48.0 Å². The zero-order valence-corrected chi connectivity index (χ0v) is 12.7. The average molecular weight is 270 g/mol. The van der Waals surface area contributed by atoms with Gasteiger partial charge >= 0.3 is 6.98 Å². The molecular weight excluding hydrogens is 243 g/mol. The predicted molar refractivity (Wildman–Crippen MR) is 93.6 cm³/mol. The van der Waals surface area contributed by atoms with Crippen molar-refractivity contribution in [1.82, 2.24) is 9.62 Å². The Bertz CT molecular complexity index is 314. The molecule has 0 spiro atoms. The van der Waals surface area contributed by atoms with E-state index in [0.29, 0.717) is 0 Å². The highest BCUT2D eigenvalue weighted by Crippen LogP contribution is 2.06. The van der Waals surface area contributed by atoms with Gasteiger partial charge < -0.3 is 9.62 Å². The molecule has 0 aromatic rings. The first-order valence-electron chi connectivity index (χ1n) is 6.96. The molecule has 0 amide bonds. The summed E-state index contributed by atoms with van der Waals surface area (Å²) in [5.41, 5.74) is 0. The molecule has 3 heteroatoms. The van der Waals surface area contributed by atoms with Gasteiger partial charge in [0.2, 0.25) is 0 Å². The normalized spacial score (nSPS) is 11.3. The molecule has 0 unspecified atom stereocenters. The highest BCUT2D eigenvalue weighted by Gasteiger charge is 2.25. The predicted octanol–water partition coefficient (Wildman–Crippen LogP) is 3.49. The van der Waals surface area contributed by atoms with Gasteiger partial charge in [-0.25, -0.2) is 0 Å². The molecule has 0 aliphatic rings. The first kappa shape index (κ1) is 18.4. The molecule has 108 valence electrons. The Balaban J connectivity index is 5.24.